The van der Waals surface area contributed by atoms with Gasteiger partial charge in [0.25, 0.3) is 0 Å². The molecule has 2 N–H and O–H groups in total. The highest BCUT2D eigenvalue weighted by Crippen LogP contribution is 2.32. The van der Waals surface area contributed by atoms with Gasteiger partial charge in [0.15, 0.2) is 11.5 Å². The molecule has 0 radical (unpaired) electrons. The fourth-order valence-electron chi connectivity index (χ4n) is 2.87. The van der Waals surface area contributed by atoms with Gasteiger partial charge in [-0.25, -0.2) is 4.79 Å². The molecule has 0 aliphatic carbocycles. The third-order valence-electron chi connectivity index (χ3n) is 4.09. The number of hydrogen-bond acceptors (Lipinski definition) is 4. The molecule has 0 saturated heterocycles. The highest BCUT2D eigenvalue weighted by Gasteiger charge is 2.22. The van der Waals surface area contributed by atoms with E-state index in [2.05, 4.69) is 16.7 Å². The van der Waals surface area contributed by atoms with E-state index in [-0.39, 0.29) is 18.9 Å². The van der Waals surface area contributed by atoms with Crippen molar-refractivity contribution in [2.24, 2.45) is 0 Å². The van der Waals surface area contributed by atoms with E-state index in [4.69, 9.17) is 14.2 Å². The van der Waals surface area contributed by atoms with Crippen LogP contribution in [0.5, 0.6) is 17.2 Å². The van der Waals surface area contributed by atoms with Gasteiger partial charge in [-0.3, -0.25) is 0 Å². The molecule has 2 heterocycles. The van der Waals surface area contributed by atoms with Gasteiger partial charge in [-0.15, -0.1) is 0 Å². The number of carbonyl (C=O) groups excluding carboxylic acids is 1. The maximum atomic E-state index is 11.9. The number of ether oxygens (including phenoxy) is 3. The van der Waals surface area contributed by atoms with Crippen LogP contribution in [0.15, 0.2) is 42.5 Å². The third kappa shape index (κ3) is 3.08. The molecule has 0 fully saturated rings. The molecule has 6 heteroatoms. The van der Waals surface area contributed by atoms with Crippen LogP contribution in [0.3, 0.4) is 0 Å². The zero-order valence-corrected chi connectivity index (χ0v) is 13.1. The highest BCUT2D eigenvalue weighted by atomic mass is 16.7. The molecule has 24 heavy (non-hydrogen) atoms. The lowest BCUT2D eigenvalue weighted by atomic mass is 10.1. The Morgan fingerprint density at radius 1 is 1.04 bits per heavy atom. The number of hydrogen-bond donors (Lipinski definition) is 2. The minimum atomic E-state index is -0.216. The number of carbonyl (C=O) groups is 1. The molecule has 2 aromatic carbocycles. The molecule has 124 valence electrons. The van der Waals surface area contributed by atoms with E-state index < -0.39 is 0 Å². The van der Waals surface area contributed by atoms with E-state index in [0.717, 1.165) is 23.5 Å². The number of amides is 2. The second-order valence-electron chi connectivity index (χ2n) is 5.80. The van der Waals surface area contributed by atoms with E-state index in [0.29, 0.717) is 18.8 Å². The Kier molecular flexibility index (Phi) is 3.86. The summed E-state index contributed by atoms with van der Waals surface area (Å²) in [6.07, 6.45) is 0.803. The average Bonchev–Trinajstić information content (AvgIpc) is 3.23. The lowest BCUT2D eigenvalue weighted by molar-refractivity contribution is 0.174. The summed E-state index contributed by atoms with van der Waals surface area (Å²) >= 11 is 0. The summed E-state index contributed by atoms with van der Waals surface area (Å²) in [5.41, 5.74) is 2.14. The number of urea groups is 1. The first-order valence-corrected chi connectivity index (χ1v) is 7.93. The molecule has 0 unspecified atom stereocenters. The number of fused-ring (bicyclic) bond motifs is 2. The van der Waals surface area contributed by atoms with Crippen molar-refractivity contribution in [2.75, 3.05) is 13.3 Å². The predicted octanol–water partition coefficient (Wildman–Crippen LogP) is 2.22. The second kappa shape index (κ2) is 6.31. The summed E-state index contributed by atoms with van der Waals surface area (Å²) < 4.78 is 16.4. The summed E-state index contributed by atoms with van der Waals surface area (Å²) in [7, 11) is 0. The zero-order chi connectivity index (χ0) is 16.4. The van der Waals surface area contributed by atoms with E-state index >= 15 is 0 Å². The summed E-state index contributed by atoms with van der Waals surface area (Å²) in [5.74, 6) is 2.36. The summed E-state index contributed by atoms with van der Waals surface area (Å²) in [6, 6.07) is 13.4. The second-order valence-corrected chi connectivity index (χ2v) is 5.80. The Bertz CT molecular complexity index is 737. The van der Waals surface area contributed by atoms with Crippen molar-refractivity contribution in [3.8, 4) is 17.2 Å². The van der Waals surface area contributed by atoms with Crippen LogP contribution in [0, 0.1) is 0 Å². The monoisotopic (exact) mass is 326 g/mol. The molecular weight excluding hydrogens is 308 g/mol. The largest absolute Gasteiger partial charge is 0.488 e. The Hall–Kier alpha value is -2.89. The summed E-state index contributed by atoms with van der Waals surface area (Å²) in [4.78, 5) is 11.9. The zero-order valence-electron chi connectivity index (χ0n) is 13.1. The first-order valence-electron chi connectivity index (χ1n) is 7.93. The number of benzene rings is 2. The van der Waals surface area contributed by atoms with Gasteiger partial charge in [0, 0.05) is 13.0 Å². The lowest BCUT2D eigenvalue weighted by Gasteiger charge is -2.13. The summed E-state index contributed by atoms with van der Waals surface area (Å²) in [6.45, 7) is 1.15. The quantitative estimate of drug-likeness (QED) is 0.904. The van der Waals surface area contributed by atoms with Gasteiger partial charge in [0.2, 0.25) is 6.79 Å². The van der Waals surface area contributed by atoms with Crippen molar-refractivity contribution >= 4 is 6.03 Å². The van der Waals surface area contributed by atoms with Crippen LogP contribution < -0.4 is 24.8 Å². The van der Waals surface area contributed by atoms with Crippen LogP contribution in [0.25, 0.3) is 0 Å². The molecule has 2 aliphatic heterocycles. The maximum absolute atomic E-state index is 11.9. The Morgan fingerprint density at radius 3 is 2.83 bits per heavy atom. The van der Waals surface area contributed by atoms with Crippen molar-refractivity contribution < 1.29 is 19.0 Å². The van der Waals surface area contributed by atoms with E-state index in [1.807, 2.05) is 36.4 Å². The fourth-order valence-corrected chi connectivity index (χ4v) is 2.87. The Balaban J connectivity index is 1.23. The van der Waals surface area contributed by atoms with Crippen LogP contribution in [-0.2, 0) is 13.0 Å². The van der Waals surface area contributed by atoms with E-state index in [1.54, 1.807) is 0 Å². The molecule has 6 nitrogen and oxygen atoms in total. The van der Waals surface area contributed by atoms with Crippen LogP contribution in [0.4, 0.5) is 4.79 Å². The predicted molar refractivity (Wildman–Crippen MR) is 87.4 cm³/mol. The molecule has 2 aromatic rings. The van der Waals surface area contributed by atoms with Gasteiger partial charge in [-0.1, -0.05) is 24.3 Å². The molecule has 2 amide bonds. The molecule has 0 bridgehead atoms. The van der Waals surface area contributed by atoms with Gasteiger partial charge in [0.1, 0.15) is 11.9 Å². The SMILES string of the molecule is O=C(NCc1ccc2c(c1)OCO2)NC[C@H]1Cc2ccccc2O1. The standard InChI is InChI=1S/C18H18N2O4/c21-18(19-9-12-5-6-16-17(7-12)23-11-22-16)20-10-14-8-13-3-1-2-4-15(13)24-14/h1-7,14H,8-11H2,(H2,19,20,21)/t14-/m1/s1. The average molecular weight is 326 g/mol. The molecule has 0 saturated carbocycles. The van der Waals surface area contributed by atoms with Crippen molar-refractivity contribution in [3.63, 3.8) is 0 Å². The topological polar surface area (TPSA) is 68.8 Å². The molecule has 1 atom stereocenters. The van der Waals surface area contributed by atoms with E-state index in [1.165, 1.54) is 5.56 Å². The van der Waals surface area contributed by atoms with E-state index in [9.17, 15) is 4.79 Å². The highest BCUT2D eigenvalue weighted by molar-refractivity contribution is 5.73. The Morgan fingerprint density at radius 2 is 1.92 bits per heavy atom. The van der Waals surface area contributed by atoms with Crippen LogP contribution in [-0.4, -0.2) is 25.5 Å². The minimum Gasteiger partial charge on any atom is -0.488 e. The number of para-hydroxylation sites is 1. The van der Waals surface area contributed by atoms with Crippen molar-refractivity contribution in [2.45, 2.75) is 19.1 Å². The fraction of sp³-hybridized carbons (Fsp3) is 0.278. The van der Waals surface area contributed by atoms with Gasteiger partial charge < -0.3 is 24.8 Å². The van der Waals surface area contributed by atoms with Gasteiger partial charge in [0.05, 0.1) is 6.54 Å². The van der Waals surface area contributed by atoms with Gasteiger partial charge >= 0.3 is 6.03 Å². The normalized spacial score (nSPS) is 17.1. The maximum Gasteiger partial charge on any atom is 0.315 e. The molecule has 0 spiro atoms. The van der Waals surface area contributed by atoms with Crippen molar-refractivity contribution in [3.05, 3.63) is 53.6 Å². The molecular formula is C18H18N2O4. The molecule has 4 rings (SSSR count). The first kappa shape index (κ1) is 14.7. The lowest BCUT2D eigenvalue weighted by Crippen LogP contribution is -2.40. The Labute approximate surface area is 139 Å². The number of nitrogens with one attached hydrogen (secondary N) is 2. The third-order valence-corrected chi connectivity index (χ3v) is 4.09. The van der Waals surface area contributed by atoms with Crippen molar-refractivity contribution in [1.29, 1.82) is 0 Å². The summed E-state index contributed by atoms with van der Waals surface area (Å²) in [5, 5.41) is 5.68. The molecule has 0 aromatic heterocycles. The van der Waals surface area contributed by atoms with Crippen LogP contribution in [0.2, 0.25) is 0 Å². The van der Waals surface area contributed by atoms with Crippen molar-refractivity contribution in [1.82, 2.24) is 10.6 Å². The van der Waals surface area contributed by atoms with Gasteiger partial charge in [-0.05, 0) is 29.3 Å². The first-order chi connectivity index (χ1) is 11.8. The minimum absolute atomic E-state index is 0.0151. The smallest absolute Gasteiger partial charge is 0.315 e. The van der Waals surface area contributed by atoms with Crippen LogP contribution in [0.1, 0.15) is 11.1 Å². The number of rotatable bonds is 4. The van der Waals surface area contributed by atoms with Crippen LogP contribution >= 0.6 is 0 Å². The van der Waals surface area contributed by atoms with Gasteiger partial charge in [-0.2, -0.15) is 0 Å². The molecule has 2 aliphatic rings.